The van der Waals surface area contributed by atoms with Crippen molar-refractivity contribution in [2.45, 2.75) is 20.3 Å². The highest BCUT2D eigenvalue weighted by Crippen LogP contribution is 2.23. The molecule has 0 aliphatic rings. The minimum atomic E-state index is -0.365. The van der Waals surface area contributed by atoms with Gasteiger partial charge >= 0.3 is 0 Å². The molecule has 1 aromatic carbocycles. The highest BCUT2D eigenvalue weighted by Gasteiger charge is 2.07. The number of carbonyl (C=O) groups is 2. The molecule has 1 rings (SSSR count). The molecular formula is C12H13N3O2. The van der Waals surface area contributed by atoms with Gasteiger partial charge in [-0.3, -0.25) is 9.59 Å². The number of carbonyl (C=O) groups excluding carboxylic acids is 2. The second kappa shape index (κ2) is 5.66. The van der Waals surface area contributed by atoms with Gasteiger partial charge in [0.25, 0.3) is 0 Å². The monoisotopic (exact) mass is 231 g/mol. The van der Waals surface area contributed by atoms with Gasteiger partial charge in [0.1, 0.15) is 6.42 Å². The molecule has 0 saturated carbocycles. The molecule has 0 fully saturated rings. The van der Waals surface area contributed by atoms with Crippen LogP contribution in [-0.4, -0.2) is 11.8 Å². The lowest BCUT2D eigenvalue weighted by molar-refractivity contribution is -0.115. The van der Waals surface area contributed by atoms with E-state index in [9.17, 15) is 9.59 Å². The summed E-state index contributed by atoms with van der Waals surface area (Å²) in [6, 6.07) is 6.96. The second-order valence-electron chi connectivity index (χ2n) is 3.54. The van der Waals surface area contributed by atoms with Crippen LogP contribution in [0.2, 0.25) is 0 Å². The first kappa shape index (κ1) is 12.7. The molecule has 0 heterocycles. The smallest absolute Gasteiger partial charge is 0.238 e. The SMILES string of the molecule is CC(=O)Nc1cccc(NC(=O)CC#N)c1C. The third-order valence-electron chi connectivity index (χ3n) is 2.16. The standard InChI is InChI=1S/C12H13N3O2/c1-8-10(14-9(2)16)4-3-5-11(8)15-12(17)6-7-13/h3-5H,6H2,1-2H3,(H,14,16)(H,15,17). The molecule has 0 unspecified atom stereocenters. The number of anilines is 2. The predicted octanol–water partition coefficient (Wildman–Crippen LogP) is 1.81. The van der Waals surface area contributed by atoms with Crippen molar-refractivity contribution < 1.29 is 9.59 Å². The molecule has 0 aliphatic carbocycles. The molecule has 17 heavy (non-hydrogen) atoms. The summed E-state index contributed by atoms with van der Waals surface area (Å²) in [5.74, 6) is -0.538. The first-order valence-corrected chi connectivity index (χ1v) is 5.08. The Morgan fingerprint density at radius 3 is 2.41 bits per heavy atom. The van der Waals surface area contributed by atoms with Crippen LogP contribution in [0, 0.1) is 18.3 Å². The van der Waals surface area contributed by atoms with Gasteiger partial charge in [-0.2, -0.15) is 5.26 Å². The van der Waals surface area contributed by atoms with E-state index in [2.05, 4.69) is 10.6 Å². The largest absolute Gasteiger partial charge is 0.326 e. The van der Waals surface area contributed by atoms with Crippen molar-refractivity contribution in [1.82, 2.24) is 0 Å². The molecule has 0 saturated heterocycles. The third kappa shape index (κ3) is 3.61. The fourth-order valence-corrected chi connectivity index (χ4v) is 1.36. The van der Waals surface area contributed by atoms with Gasteiger partial charge in [-0.1, -0.05) is 6.07 Å². The summed E-state index contributed by atoms with van der Waals surface area (Å²) < 4.78 is 0. The molecule has 5 nitrogen and oxygen atoms in total. The molecular weight excluding hydrogens is 218 g/mol. The zero-order valence-corrected chi connectivity index (χ0v) is 9.70. The molecule has 0 aromatic heterocycles. The van der Waals surface area contributed by atoms with Crippen LogP contribution in [0.15, 0.2) is 18.2 Å². The Morgan fingerprint density at radius 1 is 1.29 bits per heavy atom. The number of hydrogen-bond donors (Lipinski definition) is 2. The number of nitriles is 1. The second-order valence-corrected chi connectivity index (χ2v) is 3.54. The Morgan fingerprint density at radius 2 is 1.88 bits per heavy atom. The summed E-state index contributed by atoms with van der Waals surface area (Å²) in [6.07, 6.45) is -0.191. The summed E-state index contributed by atoms with van der Waals surface area (Å²) in [7, 11) is 0. The summed E-state index contributed by atoms with van der Waals surface area (Å²) in [6.45, 7) is 3.20. The maximum Gasteiger partial charge on any atom is 0.238 e. The maximum atomic E-state index is 11.3. The lowest BCUT2D eigenvalue weighted by Gasteiger charge is -2.11. The molecule has 88 valence electrons. The van der Waals surface area contributed by atoms with Gasteiger partial charge in [-0.25, -0.2) is 0 Å². The van der Waals surface area contributed by atoms with E-state index in [1.807, 2.05) is 0 Å². The van der Waals surface area contributed by atoms with E-state index in [0.29, 0.717) is 11.4 Å². The minimum Gasteiger partial charge on any atom is -0.326 e. The Hall–Kier alpha value is -2.35. The molecule has 2 N–H and O–H groups in total. The number of benzene rings is 1. The zero-order valence-electron chi connectivity index (χ0n) is 9.70. The molecule has 0 aliphatic heterocycles. The van der Waals surface area contributed by atoms with Crippen LogP contribution < -0.4 is 10.6 Å². The first-order valence-electron chi connectivity index (χ1n) is 5.08. The molecule has 0 atom stereocenters. The van der Waals surface area contributed by atoms with Gasteiger partial charge in [-0.05, 0) is 24.6 Å². The van der Waals surface area contributed by atoms with Crippen LogP contribution in [0.3, 0.4) is 0 Å². The quantitative estimate of drug-likeness (QED) is 0.832. The maximum absolute atomic E-state index is 11.3. The normalized spacial score (nSPS) is 9.24. The van der Waals surface area contributed by atoms with E-state index in [4.69, 9.17) is 5.26 Å². The van der Waals surface area contributed by atoms with Gasteiger partial charge in [0.05, 0.1) is 6.07 Å². The van der Waals surface area contributed by atoms with E-state index in [1.165, 1.54) is 6.92 Å². The van der Waals surface area contributed by atoms with Gasteiger partial charge in [0, 0.05) is 18.3 Å². The van der Waals surface area contributed by atoms with Crippen LogP contribution in [0.5, 0.6) is 0 Å². The fourth-order valence-electron chi connectivity index (χ4n) is 1.36. The highest BCUT2D eigenvalue weighted by molar-refractivity contribution is 5.95. The summed E-state index contributed by atoms with van der Waals surface area (Å²) >= 11 is 0. The Kier molecular flexibility index (Phi) is 4.23. The van der Waals surface area contributed by atoms with E-state index >= 15 is 0 Å². The topological polar surface area (TPSA) is 82.0 Å². The first-order chi connectivity index (χ1) is 8.04. The Balaban J connectivity index is 2.91. The lowest BCUT2D eigenvalue weighted by atomic mass is 10.1. The average molecular weight is 231 g/mol. The van der Waals surface area contributed by atoms with Gasteiger partial charge < -0.3 is 10.6 Å². The molecule has 0 spiro atoms. The molecule has 1 aromatic rings. The van der Waals surface area contributed by atoms with Crippen LogP contribution in [0.1, 0.15) is 18.9 Å². The number of nitrogens with one attached hydrogen (secondary N) is 2. The molecule has 2 amide bonds. The van der Waals surface area contributed by atoms with Crippen LogP contribution in [0.25, 0.3) is 0 Å². The van der Waals surface area contributed by atoms with E-state index in [-0.39, 0.29) is 18.2 Å². The molecule has 0 radical (unpaired) electrons. The van der Waals surface area contributed by atoms with E-state index in [1.54, 1.807) is 31.2 Å². The Bertz CT molecular complexity index is 489. The Labute approximate surface area is 99.4 Å². The number of rotatable bonds is 3. The van der Waals surface area contributed by atoms with Gasteiger partial charge in [0.15, 0.2) is 0 Å². The number of hydrogen-bond acceptors (Lipinski definition) is 3. The van der Waals surface area contributed by atoms with E-state index < -0.39 is 0 Å². The van der Waals surface area contributed by atoms with Crippen LogP contribution >= 0.6 is 0 Å². The van der Waals surface area contributed by atoms with Crippen molar-refractivity contribution >= 4 is 23.2 Å². The van der Waals surface area contributed by atoms with Crippen molar-refractivity contribution in [2.75, 3.05) is 10.6 Å². The minimum absolute atomic E-state index is 0.173. The summed E-state index contributed by atoms with van der Waals surface area (Å²) in [5.41, 5.74) is 2.00. The van der Waals surface area contributed by atoms with Crippen molar-refractivity contribution in [3.63, 3.8) is 0 Å². The number of nitrogens with zero attached hydrogens (tertiary/aromatic N) is 1. The van der Waals surface area contributed by atoms with Crippen molar-refractivity contribution in [2.24, 2.45) is 0 Å². The van der Waals surface area contributed by atoms with Crippen molar-refractivity contribution in [3.05, 3.63) is 23.8 Å². The van der Waals surface area contributed by atoms with Crippen LogP contribution in [0.4, 0.5) is 11.4 Å². The van der Waals surface area contributed by atoms with E-state index in [0.717, 1.165) is 5.56 Å². The van der Waals surface area contributed by atoms with Gasteiger partial charge in [-0.15, -0.1) is 0 Å². The van der Waals surface area contributed by atoms with Crippen molar-refractivity contribution in [1.29, 1.82) is 5.26 Å². The van der Waals surface area contributed by atoms with Crippen molar-refractivity contribution in [3.8, 4) is 6.07 Å². The molecule has 0 bridgehead atoms. The lowest BCUT2D eigenvalue weighted by Crippen LogP contribution is -2.13. The summed E-state index contributed by atoms with van der Waals surface area (Å²) in [4.78, 5) is 22.2. The highest BCUT2D eigenvalue weighted by atomic mass is 16.2. The van der Waals surface area contributed by atoms with Gasteiger partial charge in [0.2, 0.25) is 11.8 Å². The fraction of sp³-hybridized carbons (Fsp3) is 0.250. The zero-order chi connectivity index (χ0) is 12.8. The summed E-state index contributed by atoms with van der Waals surface area (Å²) in [5, 5.41) is 13.7. The third-order valence-corrected chi connectivity index (χ3v) is 2.16. The number of amides is 2. The molecule has 5 heteroatoms. The van der Waals surface area contributed by atoms with Crippen LogP contribution in [-0.2, 0) is 9.59 Å². The predicted molar refractivity (Wildman–Crippen MR) is 64.3 cm³/mol. The average Bonchev–Trinajstić information content (AvgIpc) is 2.23.